The van der Waals surface area contributed by atoms with Gasteiger partial charge in [0.25, 0.3) is 5.91 Å². The number of amides is 1. The fourth-order valence-corrected chi connectivity index (χ4v) is 4.55. The van der Waals surface area contributed by atoms with E-state index in [0.717, 1.165) is 38.1 Å². The SMILES string of the molecule is COc1ccccc1[C@@H](Nc1cc(C)ccn1)c1cc(C)sc1NC(=O)c1ccccc1. The molecule has 2 heterocycles. The molecule has 0 unspecified atom stereocenters. The molecule has 4 rings (SSSR count). The molecular weight excluding hydrogens is 418 g/mol. The van der Waals surface area contributed by atoms with Crippen LogP contribution < -0.4 is 15.4 Å². The van der Waals surface area contributed by atoms with Crippen LogP contribution in [0.3, 0.4) is 0 Å². The second-order valence-corrected chi connectivity index (χ2v) is 8.76. The molecule has 32 heavy (non-hydrogen) atoms. The number of nitrogens with zero attached hydrogens (tertiary/aromatic N) is 1. The highest BCUT2D eigenvalue weighted by molar-refractivity contribution is 7.16. The van der Waals surface area contributed by atoms with Crippen LogP contribution in [0.2, 0.25) is 0 Å². The van der Waals surface area contributed by atoms with Crippen LogP contribution in [0.1, 0.15) is 38.0 Å². The van der Waals surface area contributed by atoms with Crippen molar-refractivity contribution in [1.82, 2.24) is 4.98 Å². The van der Waals surface area contributed by atoms with Gasteiger partial charge in [0.15, 0.2) is 0 Å². The minimum atomic E-state index is -0.267. The molecular formula is C26H25N3O2S. The molecule has 0 aliphatic carbocycles. The Hall–Kier alpha value is -3.64. The van der Waals surface area contributed by atoms with Crippen molar-refractivity contribution in [1.29, 1.82) is 0 Å². The Labute approximate surface area is 192 Å². The van der Waals surface area contributed by atoms with Crippen LogP contribution in [0, 0.1) is 13.8 Å². The molecule has 0 radical (unpaired) electrons. The number of ether oxygens (including phenoxy) is 1. The standard InChI is InChI=1S/C26H25N3O2S/c1-17-13-14-27-23(15-17)28-24(20-11-7-8-12-22(20)31-3)21-16-18(2)32-26(21)29-25(30)19-9-5-4-6-10-19/h4-16,24H,1-3H3,(H,27,28)(H,29,30)/t24-/m1/s1. The van der Waals surface area contributed by atoms with Gasteiger partial charge in [-0.2, -0.15) is 0 Å². The molecule has 0 saturated carbocycles. The molecule has 162 valence electrons. The van der Waals surface area contributed by atoms with E-state index in [-0.39, 0.29) is 11.9 Å². The maximum absolute atomic E-state index is 12.9. The van der Waals surface area contributed by atoms with Gasteiger partial charge in [-0.3, -0.25) is 4.79 Å². The fourth-order valence-electron chi connectivity index (χ4n) is 3.60. The molecule has 1 atom stereocenters. The van der Waals surface area contributed by atoms with Gasteiger partial charge in [-0.25, -0.2) is 4.98 Å². The summed E-state index contributed by atoms with van der Waals surface area (Å²) in [7, 11) is 1.66. The van der Waals surface area contributed by atoms with Gasteiger partial charge in [-0.15, -0.1) is 11.3 Å². The molecule has 0 aliphatic heterocycles. The van der Waals surface area contributed by atoms with Crippen LogP contribution in [0.5, 0.6) is 5.75 Å². The van der Waals surface area contributed by atoms with Crippen molar-refractivity contribution in [3.8, 4) is 5.75 Å². The van der Waals surface area contributed by atoms with Crippen LogP contribution in [0.4, 0.5) is 10.8 Å². The zero-order valence-corrected chi connectivity index (χ0v) is 19.1. The Morgan fingerprint density at radius 2 is 1.72 bits per heavy atom. The molecule has 0 saturated heterocycles. The summed E-state index contributed by atoms with van der Waals surface area (Å²) in [6.45, 7) is 4.07. The summed E-state index contributed by atoms with van der Waals surface area (Å²) in [5, 5.41) is 7.47. The van der Waals surface area contributed by atoms with Crippen molar-refractivity contribution in [2.45, 2.75) is 19.9 Å². The van der Waals surface area contributed by atoms with Crippen molar-refractivity contribution < 1.29 is 9.53 Å². The number of para-hydroxylation sites is 1. The summed E-state index contributed by atoms with van der Waals surface area (Å²) in [5.74, 6) is 1.38. The van der Waals surface area contributed by atoms with E-state index < -0.39 is 0 Å². The van der Waals surface area contributed by atoms with Crippen LogP contribution in [-0.2, 0) is 0 Å². The maximum atomic E-state index is 12.9. The highest BCUT2D eigenvalue weighted by Gasteiger charge is 2.24. The number of carbonyl (C=O) groups excluding carboxylic acids is 1. The van der Waals surface area contributed by atoms with Crippen molar-refractivity contribution in [3.63, 3.8) is 0 Å². The molecule has 2 aromatic carbocycles. The molecule has 0 spiro atoms. The summed E-state index contributed by atoms with van der Waals surface area (Å²) >= 11 is 1.55. The van der Waals surface area contributed by atoms with Crippen LogP contribution in [0.15, 0.2) is 79.0 Å². The lowest BCUT2D eigenvalue weighted by molar-refractivity contribution is 0.102. The van der Waals surface area contributed by atoms with Gasteiger partial charge < -0.3 is 15.4 Å². The lowest BCUT2D eigenvalue weighted by Gasteiger charge is -2.23. The van der Waals surface area contributed by atoms with E-state index in [0.29, 0.717) is 5.56 Å². The van der Waals surface area contributed by atoms with Crippen LogP contribution >= 0.6 is 11.3 Å². The third kappa shape index (κ3) is 4.81. The Morgan fingerprint density at radius 3 is 2.47 bits per heavy atom. The molecule has 4 aromatic rings. The smallest absolute Gasteiger partial charge is 0.256 e. The fraction of sp³-hybridized carbons (Fsp3) is 0.154. The number of hydrogen-bond donors (Lipinski definition) is 2. The quantitative estimate of drug-likeness (QED) is 0.356. The maximum Gasteiger partial charge on any atom is 0.256 e. The van der Waals surface area contributed by atoms with Crippen molar-refractivity contribution in [3.05, 3.63) is 106 Å². The van der Waals surface area contributed by atoms with E-state index in [2.05, 4.69) is 21.7 Å². The lowest BCUT2D eigenvalue weighted by Crippen LogP contribution is -2.17. The number of carbonyl (C=O) groups is 1. The highest BCUT2D eigenvalue weighted by atomic mass is 32.1. The second kappa shape index (κ2) is 9.66. The van der Waals surface area contributed by atoms with E-state index in [4.69, 9.17) is 4.74 Å². The number of nitrogens with one attached hydrogen (secondary N) is 2. The van der Waals surface area contributed by atoms with Crippen molar-refractivity contribution in [2.24, 2.45) is 0 Å². The number of hydrogen-bond acceptors (Lipinski definition) is 5. The zero-order chi connectivity index (χ0) is 22.5. The monoisotopic (exact) mass is 443 g/mol. The third-order valence-corrected chi connectivity index (χ3v) is 6.10. The van der Waals surface area contributed by atoms with Gasteiger partial charge in [0.2, 0.25) is 0 Å². The number of pyridine rings is 1. The number of methoxy groups -OCH3 is 1. The van der Waals surface area contributed by atoms with Gasteiger partial charge >= 0.3 is 0 Å². The van der Waals surface area contributed by atoms with Gasteiger partial charge in [0.1, 0.15) is 16.6 Å². The molecule has 6 heteroatoms. The zero-order valence-electron chi connectivity index (χ0n) is 18.3. The van der Waals surface area contributed by atoms with Gasteiger partial charge in [-0.05, 0) is 55.8 Å². The third-order valence-electron chi connectivity index (χ3n) is 5.12. The number of aromatic nitrogens is 1. The highest BCUT2D eigenvalue weighted by Crippen LogP contribution is 2.40. The first-order valence-electron chi connectivity index (χ1n) is 10.3. The molecule has 0 bridgehead atoms. The van der Waals surface area contributed by atoms with E-state index in [9.17, 15) is 4.79 Å². The van der Waals surface area contributed by atoms with Gasteiger partial charge in [0, 0.05) is 27.8 Å². The van der Waals surface area contributed by atoms with Crippen molar-refractivity contribution in [2.75, 3.05) is 17.7 Å². The molecule has 2 N–H and O–H groups in total. The average Bonchev–Trinajstić information content (AvgIpc) is 3.17. The minimum absolute atomic E-state index is 0.138. The summed E-state index contributed by atoms with van der Waals surface area (Å²) in [6.07, 6.45) is 1.79. The summed E-state index contributed by atoms with van der Waals surface area (Å²) in [6, 6.07) is 22.9. The molecule has 0 aliphatic rings. The normalized spacial score (nSPS) is 11.6. The van der Waals surface area contributed by atoms with Crippen LogP contribution in [0.25, 0.3) is 0 Å². The first-order chi connectivity index (χ1) is 15.5. The van der Waals surface area contributed by atoms with E-state index in [1.54, 1.807) is 24.6 Å². The number of aryl methyl sites for hydroxylation is 2. The molecule has 1 amide bonds. The number of rotatable bonds is 7. The van der Waals surface area contributed by atoms with E-state index in [1.165, 1.54) is 0 Å². The van der Waals surface area contributed by atoms with E-state index >= 15 is 0 Å². The van der Waals surface area contributed by atoms with E-state index in [1.807, 2.05) is 80.6 Å². The average molecular weight is 444 g/mol. The summed E-state index contributed by atoms with van der Waals surface area (Å²) < 4.78 is 5.66. The first kappa shape index (κ1) is 21.6. The topological polar surface area (TPSA) is 63.2 Å². The summed E-state index contributed by atoms with van der Waals surface area (Å²) in [4.78, 5) is 18.5. The first-order valence-corrected chi connectivity index (χ1v) is 11.2. The second-order valence-electron chi connectivity index (χ2n) is 7.50. The minimum Gasteiger partial charge on any atom is -0.496 e. The van der Waals surface area contributed by atoms with Gasteiger partial charge in [-0.1, -0.05) is 36.4 Å². The molecule has 5 nitrogen and oxygen atoms in total. The predicted molar refractivity (Wildman–Crippen MR) is 131 cm³/mol. The number of anilines is 2. The number of benzene rings is 2. The van der Waals surface area contributed by atoms with Crippen molar-refractivity contribution >= 4 is 28.1 Å². The Bertz CT molecular complexity index is 1220. The molecule has 2 aromatic heterocycles. The lowest BCUT2D eigenvalue weighted by atomic mass is 9.98. The Kier molecular flexibility index (Phi) is 6.52. The number of thiophene rings is 1. The van der Waals surface area contributed by atoms with Gasteiger partial charge in [0.05, 0.1) is 13.2 Å². The Morgan fingerprint density at radius 1 is 0.969 bits per heavy atom. The summed E-state index contributed by atoms with van der Waals surface area (Å²) in [5.41, 5.74) is 3.66. The Balaban J connectivity index is 1.77. The largest absolute Gasteiger partial charge is 0.496 e. The molecule has 0 fully saturated rings. The van der Waals surface area contributed by atoms with Crippen LogP contribution in [-0.4, -0.2) is 18.0 Å². The predicted octanol–water partition coefficient (Wildman–Crippen LogP) is 6.22.